The number of nitrogens with one attached hydrogen (secondary N) is 1. The first-order chi connectivity index (χ1) is 16.2. The van der Waals surface area contributed by atoms with E-state index in [1.54, 1.807) is 11.3 Å². The predicted octanol–water partition coefficient (Wildman–Crippen LogP) is 7.32. The van der Waals surface area contributed by atoms with E-state index in [2.05, 4.69) is 92.7 Å². The number of hydrogen-bond donors (Lipinski definition) is 1. The Hall–Kier alpha value is -3.18. The number of thiazole rings is 1. The van der Waals surface area contributed by atoms with E-state index in [9.17, 15) is 4.79 Å². The summed E-state index contributed by atoms with van der Waals surface area (Å²) in [4.78, 5) is 19.8. The molecule has 1 aromatic heterocycles. The van der Waals surface area contributed by atoms with Gasteiger partial charge in [0.2, 0.25) is 0 Å². The van der Waals surface area contributed by atoms with Crippen molar-refractivity contribution < 1.29 is 4.79 Å². The van der Waals surface area contributed by atoms with Crippen LogP contribution in [0.25, 0.3) is 10.8 Å². The maximum atomic E-state index is 12.4. The van der Waals surface area contributed by atoms with Gasteiger partial charge in [-0.2, -0.15) is 0 Å². The molecule has 0 bridgehead atoms. The minimum atomic E-state index is -0.0269. The van der Waals surface area contributed by atoms with Gasteiger partial charge in [-0.05, 0) is 35.1 Å². The number of benzene rings is 3. The molecule has 1 amide bonds. The highest BCUT2D eigenvalue weighted by Crippen LogP contribution is 2.37. The molecule has 34 heavy (non-hydrogen) atoms. The fourth-order valence-electron chi connectivity index (χ4n) is 3.78. The third-order valence-corrected chi connectivity index (χ3v) is 6.64. The lowest BCUT2D eigenvalue weighted by Gasteiger charge is -2.24. The van der Waals surface area contributed by atoms with Gasteiger partial charge in [-0.3, -0.25) is 4.79 Å². The Labute approximate surface area is 206 Å². The quantitative estimate of drug-likeness (QED) is 0.307. The second kappa shape index (κ2) is 9.98. The summed E-state index contributed by atoms with van der Waals surface area (Å²) in [6.07, 6.45) is 0. The van der Waals surface area contributed by atoms with Gasteiger partial charge in [0.25, 0.3) is 5.91 Å². The Morgan fingerprint density at radius 2 is 1.71 bits per heavy atom. The molecule has 0 radical (unpaired) electrons. The number of aromatic nitrogens is 1. The smallest absolute Gasteiger partial charge is 0.251 e. The van der Waals surface area contributed by atoms with E-state index in [0.717, 1.165) is 22.1 Å². The summed E-state index contributed by atoms with van der Waals surface area (Å²) in [5.41, 5.74) is 4.03. The highest BCUT2D eigenvalue weighted by molar-refractivity contribution is 7.13. The van der Waals surface area contributed by atoms with E-state index in [-0.39, 0.29) is 11.3 Å². The largest absolute Gasteiger partial charge is 0.352 e. The standard InChI is InChI=1S/C29H33N3OS/c1-20(2)17-30-27(33)23-15-13-21(14-16-23)18-32(28-31-26(19-34-28)29(3,4)5)25-12-8-10-22-9-6-7-11-24(22)25/h6-16,19-20H,17-18H2,1-5H3,(H,30,33). The van der Waals surface area contributed by atoms with Crippen molar-refractivity contribution in [2.75, 3.05) is 11.4 Å². The van der Waals surface area contributed by atoms with Crippen LogP contribution >= 0.6 is 11.3 Å². The Balaban J connectivity index is 1.68. The van der Waals surface area contributed by atoms with Crippen LogP contribution in [-0.4, -0.2) is 17.4 Å². The monoisotopic (exact) mass is 471 g/mol. The molecule has 0 aliphatic rings. The first-order valence-electron chi connectivity index (χ1n) is 11.8. The molecule has 4 rings (SSSR count). The average Bonchev–Trinajstić information content (AvgIpc) is 3.32. The van der Waals surface area contributed by atoms with Gasteiger partial charge in [0.05, 0.1) is 17.9 Å². The first-order valence-corrected chi connectivity index (χ1v) is 12.7. The van der Waals surface area contributed by atoms with Crippen molar-refractivity contribution in [1.29, 1.82) is 0 Å². The topological polar surface area (TPSA) is 45.2 Å². The van der Waals surface area contributed by atoms with Gasteiger partial charge in [-0.15, -0.1) is 11.3 Å². The molecule has 0 saturated carbocycles. The van der Waals surface area contributed by atoms with Crippen LogP contribution in [0.2, 0.25) is 0 Å². The normalized spacial score (nSPS) is 11.7. The molecule has 0 aliphatic heterocycles. The molecule has 1 N–H and O–H groups in total. The van der Waals surface area contributed by atoms with Crippen LogP contribution < -0.4 is 10.2 Å². The van der Waals surface area contributed by atoms with Gasteiger partial charge in [0.1, 0.15) is 0 Å². The number of fused-ring (bicyclic) bond motifs is 1. The first kappa shape index (κ1) is 24.0. The fraction of sp³-hybridized carbons (Fsp3) is 0.310. The number of carbonyl (C=O) groups is 1. The van der Waals surface area contributed by atoms with Crippen LogP contribution in [0.15, 0.2) is 72.1 Å². The lowest BCUT2D eigenvalue weighted by molar-refractivity contribution is 0.0949. The number of hydrogen-bond acceptors (Lipinski definition) is 4. The summed E-state index contributed by atoms with van der Waals surface area (Å²) in [5, 5.41) is 8.52. The van der Waals surface area contributed by atoms with Crippen molar-refractivity contribution in [2.24, 2.45) is 5.92 Å². The van der Waals surface area contributed by atoms with Gasteiger partial charge in [0, 0.05) is 28.3 Å². The molecule has 0 aliphatic carbocycles. The molecule has 0 spiro atoms. The van der Waals surface area contributed by atoms with Crippen molar-refractivity contribution in [3.8, 4) is 0 Å². The van der Waals surface area contributed by atoms with Crippen LogP contribution in [0.1, 0.15) is 56.2 Å². The molecule has 4 nitrogen and oxygen atoms in total. The number of anilines is 2. The van der Waals surface area contributed by atoms with E-state index >= 15 is 0 Å². The Morgan fingerprint density at radius 3 is 2.38 bits per heavy atom. The lowest BCUT2D eigenvalue weighted by atomic mass is 9.93. The molecular formula is C29H33N3OS. The molecule has 176 valence electrons. The van der Waals surface area contributed by atoms with Crippen LogP contribution in [0.3, 0.4) is 0 Å². The molecule has 4 aromatic rings. The molecule has 3 aromatic carbocycles. The van der Waals surface area contributed by atoms with Gasteiger partial charge in [-0.1, -0.05) is 83.1 Å². The van der Waals surface area contributed by atoms with E-state index in [0.29, 0.717) is 24.6 Å². The highest BCUT2D eigenvalue weighted by atomic mass is 32.1. The highest BCUT2D eigenvalue weighted by Gasteiger charge is 2.22. The summed E-state index contributed by atoms with van der Waals surface area (Å²) in [7, 11) is 0. The average molecular weight is 472 g/mol. The minimum absolute atomic E-state index is 0.00975. The number of nitrogens with zero attached hydrogens (tertiary/aromatic N) is 2. The summed E-state index contributed by atoms with van der Waals surface area (Å²) < 4.78 is 0. The molecular weight excluding hydrogens is 438 g/mol. The minimum Gasteiger partial charge on any atom is -0.352 e. The summed E-state index contributed by atoms with van der Waals surface area (Å²) in [6, 6.07) is 22.8. The zero-order valence-electron chi connectivity index (χ0n) is 20.6. The SMILES string of the molecule is CC(C)CNC(=O)c1ccc(CN(c2nc(C(C)(C)C)cs2)c2cccc3ccccc23)cc1. The Kier molecular flexibility index (Phi) is 7.03. The Morgan fingerprint density at radius 1 is 1.00 bits per heavy atom. The predicted molar refractivity (Wildman–Crippen MR) is 144 cm³/mol. The van der Waals surface area contributed by atoms with Crippen LogP contribution in [0, 0.1) is 5.92 Å². The van der Waals surface area contributed by atoms with Crippen molar-refractivity contribution in [1.82, 2.24) is 10.3 Å². The Bertz CT molecular complexity index is 1260. The van der Waals surface area contributed by atoms with Crippen molar-refractivity contribution in [3.63, 3.8) is 0 Å². The number of carbonyl (C=O) groups excluding carboxylic acids is 1. The second-order valence-corrected chi connectivity index (χ2v) is 11.0. The molecule has 0 unspecified atom stereocenters. The number of amides is 1. The summed E-state index contributed by atoms with van der Waals surface area (Å²) in [5.74, 6) is 0.398. The lowest BCUT2D eigenvalue weighted by Crippen LogP contribution is -2.27. The van der Waals surface area contributed by atoms with Gasteiger partial charge in [-0.25, -0.2) is 4.98 Å². The number of rotatable bonds is 7. The van der Waals surface area contributed by atoms with Gasteiger partial charge >= 0.3 is 0 Å². The molecule has 0 fully saturated rings. The zero-order chi connectivity index (χ0) is 24.3. The van der Waals surface area contributed by atoms with Crippen LogP contribution in [0.5, 0.6) is 0 Å². The summed E-state index contributed by atoms with van der Waals surface area (Å²) >= 11 is 1.68. The van der Waals surface area contributed by atoms with Gasteiger partial charge < -0.3 is 10.2 Å². The molecule has 0 saturated heterocycles. The maximum Gasteiger partial charge on any atom is 0.251 e. The fourth-order valence-corrected chi connectivity index (χ4v) is 4.84. The van der Waals surface area contributed by atoms with E-state index < -0.39 is 0 Å². The maximum absolute atomic E-state index is 12.4. The second-order valence-electron chi connectivity index (χ2n) is 10.2. The van der Waals surface area contributed by atoms with E-state index in [1.165, 1.54) is 10.8 Å². The van der Waals surface area contributed by atoms with Crippen molar-refractivity contribution in [3.05, 3.63) is 88.9 Å². The van der Waals surface area contributed by atoms with Crippen LogP contribution in [-0.2, 0) is 12.0 Å². The van der Waals surface area contributed by atoms with E-state index in [1.807, 2.05) is 24.3 Å². The zero-order valence-corrected chi connectivity index (χ0v) is 21.4. The summed E-state index contributed by atoms with van der Waals surface area (Å²) in [6.45, 7) is 12.1. The molecule has 5 heteroatoms. The van der Waals surface area contributed by atoms with E-state index in [4.69, 9.17) is 4.98 Å². The third-order valence-electron chi connectivity index (χ3n) is 5.78. The van der Waals surface area contributed by atoms with Crippen LogP contribution in [0.4, 0.5) is 10.8 Å². The molecule has 0 atom stereocenters. The molecule has 1 heterocycles. The van der Waals surface area contributed by atoms with Crippen molar-refractivity contribution in [2.45, 2.75) is 46.6 Å². The van der Waals surface area contributed by atoms with Gasteiger partial charge in [0.15, 0.2) is 5.13 Å². The van der Waals surface area contributed by atoms with Crippen molar-refractivity contribution >= 4 is 38.8 Å². The third kappa shape index (κ3) is 5.48.